The molecule has 0 N–H and O–H groups in total. The molecule has 1 unspecified atom stereocenters. The number of ether oxygens (including phenoxy) is 2. The Morgan fingerprint density at radius 3 is 1.62 bits per heavy atom. The molecule has 2 aromatic carbocycles. The van der Waals surface area contributed by atoms with Crippen molar-refractivity contribution in [2.75, 3.05) is 6.61 Å². The SMILES string of the molecule is Cc1ccc(OC(CCOP)Oc2ccc(C)cc2)cc1. The molecule has 0 aliphatic heterocycles. The van der Waals surface area contributed by atoms with Gasteiger partial charge in [0.15, 0.2) is 0 Å². The summed E-state index contributed by atoms with van der Waals surface area (Å²) in [7, 11) is 2.24. The Labute approximate surface area is 128 Å². The summed E-state index contributed by atoms with van der Waals surface area (Å²) < 4.78 is 16.8. The van der Waals surface area contributed by atoms with E-state index >= 15 is 0 Å². The molecule has 0 amide bonds. The van der Waals surface area contributed by atoms with Crippen LogP contribution in [-0.2, 0) is 4.52 Å². The number of hydrogen-bond donors (Lipinski definition) is 0. The topological polar surface area (TPSA) is 27.7 Å². The van der Waals surface area contributed by atoms with Crippen molar-refractivity contribution in [3.05, 3.63) is 59.7 Å². The zero-order valence-electron chi connectivity index (χ0n) is 12.4. The van der Waals surface area contributed by atoms with Crippen molar-refractivity contribution in [3.63, 3.8) is 0 Å². The highest BCUT2D eigenvalue weighted by Crippen LogP contribution is 2.19. The number of aryl methyl sites for hydroxylation is 2. The molecule has 1 atom stereocenters. The smallest absolute Gasteiger partial charge is 0.243 e. The second kappa shape index (κ2) is 8.02. The van der Waals surface area contributed by atoms with Gasteiger partial charge in [-0.1, -0.05) is 35.4 Å². The van der Waals surface area contributed by atoms with E-state index in [4.69, 9.17) is 14.0 Å². The minimum atomic E-state index is -0.379. The maximum atomic E-state index is 5.89. The van der Waals surface area contributed by atoms with Crippen LogP contribution in [0.15, 0.2) is 48.5 Å². The van der Waals surface area contributed by atoms with Gasteiger partial charge in [-0.05, 0) is 38.1 Å². The van der Waals surface area contributed by atoms with Gasteiger partial charge in [-0.3, -0.25) is 0 Å². The molecule has 2 aromatic rings. The third-order valence-electron chi connectivity index (χ3n) is 3.05. The van der Waals surface area contributed by atoms with Crippen LogP contribution in [0.25, 0.3) is 0 Å². The van der Waals surface area contributed by atoms with Gasteiger partial charge in [-0.25, -0.2) is 0 Å². The van der Waals surface area contributed by atoms with Gasteiger partial charge in [0, 0.05) is 15.9 Å². The molecule has 0 fully saturated rings. The summed E-state index contributed by atoms with van der Waals surface area (Å²) in [5.41, 5.74) is 2.40. The predicted octanol–water partition coefficient (Wildman–Crippen LogP) is 4.28. The van der Waals surface area contributed by atoms with Crippen molar-refractivity contribution >= 4 is 9.47 Å². The fraction of sp³-hybridized carbons (Fsp3) is 0.294. The molecule has 0 saturated carbocycles. The molecule has 112 valence electrons. The predicted molar refractivity (Wildman–Crippen MR) is 87.7 cm³/mol. The van der Waals surface area contributed by atoms with Crippen LogP contribution in [0.5, 0.6) is 11.5 Å². The second-order valence-corrected chi connectivity index (χ2v) is 5.28. The lowest BCUT2D eigenvalue weighted by Crippen LogP contribution is -2.25. The Balaban J connectivity index is 2.02. The lowest BCUT2D eigenvalue weighted by Gasteiger charge is -2.20. The summed E-state index contributed by atoms with van der Waals surface area (Å²) in [5.74, 6) is 1.59. The van der Waals surface area contributed by atoms with Gasteiger partial charge in [0.2, 0.25) is 6.29 Å². The standard InChI is InChI=1S/C17H21O3P/c1-13-3-7-15(8-4-13)19-17(11-12-18-21)20-16-9-5-14(2)6-10-16/h3-10,17H,11-12,21H2,1-2H3. The summed E-state index contributed by atoms with van der Waals surface area (Å²) in [4.78, 5) is 0. The molecule has 0 heterocycles. The summed E-state index contributed by atoms with van der Waals surface area (Å²) in [5, 5.41) is 0. The zero-order chi connectivity index (χ0) is 15.1. The Morgan fingerprint density at radius 1 is 0.810 bits per heavy atom. The van der Waals surface area contributed by atoms with Crippen LogP contribution in [0.3, 0.4) is 0 Å². The first-order valence-electron chi connectivity index (χ1n) is 6.96. The highest BCUT2D eigenvalue weighted by atomic mass is 31.0. The van der Waals surface area contributed by atoms with E-state index in [2.05, 4.69) is 9.47 Å². The highest BCUT2D eigenvalue weighted by molar-refractivity contribution is 7.09. The monoisotopic (exact) mass is 304 g/mol. The van der Waals surface area contributed by atoms with Gasteiger partial charge in [0.25, 0.3) is 0 Å². The Kier molecular flexibility index (Phi) is 6.04. The van der Waals surface area contributed by atoms with E-state index in [1.807, 2.05) is 62.4 Å². The van der Waals surface area contributed by atoms with Gasteiger partial charge in [-0.2, -0.15) is 0 Å². The molecule has 21 heavy (non-hydrogen) atoms. The van der Waals surface area contributed by atoms with Crippen LogP contribution in [0.1, 0.15) is 17.5 Å². The van der Waals surface area contributed by atoms with Crippen LogP contribution < -0.4 is 9.47 Å². The molecule has 3 nitrogen and oxygen atoms in total. The second-order valence-electron chi connectivity index (χ2n) is 4.95. The summed E-state index contributed by atoms with van der Waals surface area (Å²) >= 11 is 0. The first-order valence-corrected chi connectivity index (χ1v) is 7.43. The first kappa shape index (κ1) is 15.8. The lowest BCUT2D eigenvalue weighted by molar-refractivity contribution is -0.00804. The molecular formula is C17H21O3P. The van der Waals surface area contributed by atoms with E-state index in [1.54, 1.807) is 0 Å². The van der Waals surface area contributed by atoms with Crippen molar-refractivity contribution < 1.29 is 14.0 Å². The van der Waals surface area contributed by atoms with Crippen molar-refractivity contribution in [2.45, 2.75) is 26.6 Å². The minimum absolute atomic E-state index is 0.379. The van der Waals surface area contributed by atoms with E-state index < -0.39 is 0 Å². The van der Waals surface area contributed by atoms with Crippen LogP contribution in [-0.4, -0.2) is 12.9 Å². The molecule has 0 aliphatic carbocycles. The van der Waals surface area contributed by atoms with E-state index in [-0.39, 0.29) is 6.29 Å². The summed E-state index contributed by atoms with van der Waals surface area (Å²) in [6.07, 6.45) is 0.265. The van der Waals surface area contributed by atoms with E-state index in [9.17, 15) is 0 Å². The summed E-state index contributed by atoms with van der Waals surface area (Å²) in [6.45, 7) is 4.64. The maximum absolute atomic E-state index is 5.89. The number of benzene rings is 2. The normalized spacial score (nSPS) is 10.7. The summed E-state index contributed by atoms with van der Waals surface area (Å²) in [6, 6.07) is 15.9. The van der Waals surface area contributed by atoms with Gasteiger partial charge in [0.05, 0.1) is 6.61 Å². The number of hydrogen-bond acceptors (Lipinski definition) is 3. The van der Waals surface area contributed by atoms with Crippen molar-refractivity contribution in [1.82, 2.24) is 0 Å². The van der Waals surface area contributed by atoms with Crippen LogP contribution in [0, 0.1) is 13.8 Å². The van der Waals surface area contributed by atoms with Crippen LogP contribution in [0.4, 0.5) is 0 Å². The number of rotatable bonds is 7. The maximum Gasteiger partial charge on any atom is 0.243 e. The fourth-order valence-electron chi connectivity index (χ4n) is 1.84. The van der Waals surface area contributed by atoms with Gasteiger partial charge < -0.3 is 14.0 Å². The van der Waals surface area contributed by atoms with Crippen molar-refractivity contribution in [3.8, 4) is 11.5 Å². The molecule has 0 aliphatic rings. The molecule has 0 saturated heterocycles. The Hall–Kier alpha value is -1.57. The molecule has 0 bridgehead atoms. The Morgan fingerprint density at radius 2 is 1.24 bits per heavy atom. The van der Waals surface area contributed by atoms with Gasteiger partial charge in [-0.15, -0.1) is 0 Å². The minimum Gasteiger partial charge on any atom is -0.455 e. The average molecular weight is 304 g/mol. The van der Waals surface area contributed by atoms with Crippen molar-refractivity contribution in [2.24, 2.45) is 0 Å². The molecule has 0 aromatic heterocycles. The molecular weight excluding hydrogens is 283 g/mol. The third kappa shape index (κ3) is 5.37. The van der Waals surface area contributed by atoms with Crippen LogP contribution >= 0.6 is 9.47 Å². The Bertz CT molecular complexity index is 489. The van der Waals surface area contributed by atoms with E-state index in [1.165, 1.54) is 11.1 Å². The highest BCUT2D eigenvalue weighted by Gasteiger charge is 2.12. The first-order chi connectivity index (χ1) is 10.2. The molecule has 2 rings (SSSR count). The van der Waals surface area contributed by atoms with E-state index in [0.717, 1.165) is 11.5 Å². The van der Waals surface area contributed by atoms with Crippen LogP contribution in [0.2, 0.25) is 0 Å². The molecule has 0 spiro atoms. The van der Waals surface area contributed by atoms with Crippen molar-refractivity contribution in [1.29, 1.82) is 0 Å². The fourth-order valence-corrected chi connectivity index (χ4v) is 1.98. The lowest BCUT2D eigenvalue weighted by atomic mass is 10.2. The largest absolute Gasteiger partial charge is 0.455 e. The molecule has 4 heteroatoms. The van der Waals surface area contributed by atoms with Gasteiger partial charge >= 0.3 is 0 Å². The average Bonchev–Trinajstić information content (AvgIpc) is 2.49. The third-order valence-corrected chi connectivity index (χ3v) is 3.28. The quantitative estimate of drug-likeness (QED) is 0.564. The van der Waals surface area contributed by atoms with E-state index in [0.29, 0.717) is 13.0 Å². The zero-order valence-corrected chi connectivity index (χ0v) is 13.6. The van der Waals surface area contributed by atoms with Gasteiger partial charge in [0.1, 0.15) is 11.5 Å². The molecule has 0 radical (unpaired) electrons.